The molecule has 5 nitrogen and oxygen atoms in total. The molecule has 1 heterocycles. The van der Waals surface area contributed by atoms with Crippen LogP contribution >= 0.6 is 0 Å². The normalized spacial score (nSPS) is 10.7. The first-order chi connectivity index (χ1) is 8.74. The Balaban J connectivity index is 2.10. The highest BCUT2D eigenvalue weighted by Gasteiger charge is 2.14. The zero-order valence-corrected chi connectivity index (χ0v) is 9.20. The lowest BCUT2D eigenvalue weighted by atomic mass is 10.1. The van der Waals surface area contributed by atoms with Crippen molar-refractivity contribution in [3.63, 3.8) is 0 Å². The van der Waals surface area contributed by atoms with Crippen LogP contribution in [-0.4, -0.2) is 21.2 Å². The van der Waals surface area contributed by atoms with Crippen LogP contribution in [0, 0.1) is 0 Å². The largest absolute Gasteiger partial charge is 0.475 e. The maximum Gasteiger partial charge on any atom is 0.377 e. The van der Waals surface area contributed by atoms with Crippen molar-refractivity contribution in [1.82, 2.24) is 10.1 Å². The summed E-state index contributed by atoms with van der Waals surface area (Å²) in [5, 5.41) is 14.2. The van der Waals surface area contributed by atoms with Gasteiger partial charge in [0.05, 0.1) is 0 Å². The van der Waals surface area contributed by atoms with Crippen molar-refractivity contribution >= 4 is 16.7 Å². The molecule has 88 valence electrons. The molecule has 0 radical (unpaired) electrons. The molecule has 1 N–H and O–H groups in total. The molecule has 3 rings (SSSR count). The van der Waals surface area contributed by atoms with Crippen molar-refractivity contribution in [1.29, 1.82) is 0 Å². The zero-order chi connectivity index (χ0) is 12.5. The van der Waals surface area contributed by atoms with E-state index in [1.165, 1.54) is 0 Å². The summed E-state index contributed by atoms with van der Waals surface area (Å²) in [5.41, 5.74) is 0.703. The maximum atomic E-state index is 10.7. The second kappa shape index (κ2) is 3.96. The Bertz CT molecular complexity index is 734. The minimum Gasteiger partial charge on any atom is -0.475 e. The summed E-state index contributed by atoms with van der Waals surface area (Å²) in [6.07, 6.45) is 0. The molecule has 0 amide bonds. The van der Waals surface area contributed by atoms with Crippen LogP contribution in [0.3, 0.4) is 0 Å². The van der Waals surface area contributed by atoms with E-state index in [0.29, 0.717) is 5.56 Å². The third-order valence-corrected chi connectivity index (χ3v) is 2.61. The molecule has 0 aliphatic heterocycles. The third-order valence-electron chi connectivity index (χ3n) is 2.61. The first-order valence-corrected chi connectivity index (χ1v) is 5.30. The molecule has 0 saturated heterocycles. The Morgan fingerprint density at radius 2 is 1.89 bits per heavy atom. The van der Waals surface area contributed by atoms with Gasteiger partial charge in [-0.05, 0) is 28.1 Å². The van der Waals surface area contributed by atoms with E-state index in [2.05, 4.69) is 10.1 Å². The van der Waals surface area contributed by atoms with Crippen LogP contribution < -0.4 is 0 Å². The highest BCUT2D eigenvalue weighted by molar-refractivity contribution is 5.87. The van der Waals surface area contributed by atoms with Gasteiger partial charge >= 0.3 is 5.97 Å². The predicted octanol–water partition coefficient (Wildman–Crippen LogP) is 2.59. The number of hydrogen-bond donors (Lipinski definition) is 1. The van der Waals surface area contributed by atoms with Gasteiger partial charge in [0.1, 0.15) is 0 Å². The Labute approximate surface area is 102 Å². The van der Waals surface area contributed by atoms with E-state index in [1.807, 2.05) is 42.5 Å². The molecule has 0 spiro atoms. The van der Waals surface area contributed by atoms with Crippen LogP contribution in [0.25, 0.3) is 22.2 Å². The quantitative estimate of drug-likeness (QED) is 0.745. The zero-order valence-electron chi connectivity index (χ0n) is 9.20. The van der Waals surface area contributed by atoms with Gasteiger partial charge in [0.15, 0.2) is 0 Å². The molecule has 0 atom stereocenters. The summed E-state index contributed by atoms with van der Waals surface area (Å²) in [6, 6.07) is 13.5. The van der Waals surface area contributed by atoms with Gasteiger partial charge in [-0.1, -0.05) is 30.3 Å². The van der Waals surface area contributed by atoms with Gasteiger partial charge in [0, 0.05) is 5.56 Å². The van der Waals surface area contributed by atoms with E-state index in [-0.39, 0.29) is 11.7 Å². The number of carboxylic acids is 1. The predicted molar refractivity (Wildman–Crippen MR) is 64.2 cm³/mol. The van der Waals surface area contributed by atoms with Gasteiger partial charge in [0.25, 0.3) is 11.7 Å². The van der Waals surface area contributed by atoms with E-state index in [4.69, 9.17) is 9.63 Å². The first kappa shape index (κ1) is 10.5. The fraction of sp³-hybridized carbons (Fsp3) is 0. The lowest BCUT2D eigenvalue weighted by molar-refractivity contribution is 0.0680. The van der Waals surface area contributed by atoms with Gasteiger partial charge < -0.3 is 9.63 Å². The number of carboxylic acid groups (broad SMARTS) is 1. The van der Waals surface area contributed by atoms with Crippen LogP contribution in [0.5, 0.6) is 0 Å². The fourth-order valence-electron chi connectivity index (χ4n) is 1.75. The Hall–Kier alpha value is -2.69. The van der Waals surface area contributed by atoms with E-state index < -0.39 is 5.97 Å². The van der Waals surface area contributed by atoms with E-state index in [1.54, 1.807) is 0 Å². The highest BCUT2D eigenvalue weighted by Crippen LogP contribution is 2.22. The Kier molecular flexibility index (Phi) is 2.30. The molecular formula is C13H8N2O3. The first-order valence-electron chi connectivity index (χ1n) is 5.30. The average Bonchev–Trinajstić information content (AvgIpc) is 2.88. The maximum absolute atomic E-state index is 10.7. The summed E-state index contributed by atoms with van der Waals surface area (Å²) in [7, 11) is 0. The fourth-order valence-corrected chi connectivity index (χ4v) is 1.75. The lowest BCUT2D eigenvalue weighted by Gasteiger charge is -1.98. The Morgan fingerprint density at radius 3 is 2.61 bits per heavy atom. The minimum absolute atomic E-state index is 0.207. The molecule has 0 fully saturated rings. The number of aromatic nitrogens is 2. The molecule has 0 saturated carbocycles. The Morgan fingerprint density at radius 1 is 1.11 bits per heavy atom. The number of carbonyl (C=O) groups is 1. The molecule has 18 heavy (non-hydrogen) atoms. The van der Waals surface area contributed by atoms with Crippen molar-refractivity contribution in [3.05, 3.63) is 48.3 Å². The number of rotatable bonds is 2. The van der Waals surface area contributed by atoms with Crippen molar-refractivity contribution < 1.29 is 14.4 Å². The van der Waals surface area contributed by atoms with Crippen molar-refractivity contribution in [2.45, 2.75) is 0 Å². The van der Waals surface area contributed by atoms with E-state index >= 15 is 0 Å². The molecule has 0 aliphatic rings. The summed E-state index contributed by atoms with van der Waals surface area (Å²) in [6.45, 7) is 0. The molecule has 2 aromatic carbocycles. The number of fused-ring (bicyclic) bond motifs is 1. The molecule has 3 aromatic rings. The standard InChI is InChI=1S/C13H8N2O3/c16-13(17)11-14-12(18-15-11)10-6-5-8-3-1-2-4-9(8)7-10/h1-7H,(H,16,17). The molecule has 1 aromatic heterocycles. The van der Waals surface area contributed by atoms with E-state index in [0.717, 1.165) is 10.8 Å². The molecule has 0 aliphatic carbocycles. The van der Waals surface area contributed by atoms with Gasteiger partial charge in [-0.15, -0.1) is 0 Å². The molecule has 0 bridgehead atoms. The monoisotopic (exact) mass is 240 g/mol. The topological polar surface area (TPSA) is 76.2 Å². The second-order valence-corrected chi connectivity index (χ2v) is 3.79. The molecular weight excluding hydrogens is 232 g/mol. The smallest absolute Gasteiger partial charge is 0.377 e. The summed E-state index contributed by atoms with van der Waals surface area (Å²) >= 11 is 0. The van der Waals surface area contributed by atoms with Crippen molar-refractivity contribution in [2.75, 3.05) is 0 Å². The second-order valence-electron chi connectivity index (χ2n) is 3.79. The van der Waals surface area contributed by atoms with Crippen molar-refractivity contribution in [2.24, 2.45) is 0 Å². The molecule has 0 unspecified atom stereocenters. The van der Waals surface area contributed by atoms with Crippen molar-refractivity contribution in [3.8, 4) is 11.5 Å². The summed E-state index contributed by atoms with van der Waals surface area (Å²) in [5.74, 6) is -1.33. The average molecular weight is 240 g/mol. The summed E-state index contributed by atoms with van der Waals surface area (Å²) in [4.78, 5) is 14.5. The summed E-state index contributed by atoms with van der Waals surface area (Å²) < 4.78 is 4.92. The van der Waals surface area contributed by atoms with Gasteiger partial charge in [-0.2, -0.15) is 4.98 Å². The molecule has 5 heteroatoms. The van der Waals surface area contributed by atoms with E-state index in [9.17, 15) is 4.79 Å². The lowest BCUT2D eigenvalue weighted by Crippen LogP contribution is -1.98. The third kappa shape index (κ3) is 1.71. The van der Waals surface area contributed by atoms with Gasteiger partial charge in [-0.25, -0.2) is 4.79 Å². The van der Waals surface area contributed by atoms with Gasteiger partial charge in [0.2, 0.25) is 0 Å². The number of nitrogens with zero attached hydrogens (tertiary/aromatic N) is 2. The van der Waals surface area contributed by atoms with Gasteiger partial charge in [-0.3, -0.25) is 0 Å². The van der Waals surface area contributed by atoms with Crippen LogP contribution in [0.15, 0.2) is 47.0 Å². The van der Waals surface area contributed by atoms with Crippen LogP contribution in [0.1, 0.15) is 10.6 Å². The highest BCUT2D eigenvalue weighted by atomic mass is 16.5. The number of aromatic carboxylic acids is 1. The SMILES string of the molecule is O=C(O)c1noc(-c2ccc3ccccc3c2)n1. The van der Waals surface area contributed by atoms with Crippen LogP contribution in [0.2, 0.25) is 0 Å². The number of benzene rings is 2. The minimum atomic E-state index is -1.20. The van der Waals surface area contributed by atoms with Crippen LogP contribution in [0.4, 0.5) is 0 Å². The van der Waals surface area contributed by atoms with Crippen LogP contribution in [-0.2, 0) is 0 Å². The number of hydrogen-bond acceptors (Lipinski definition) is 4.